The van der Waals surface area contributed by atoms with Crippen LogP contribution in [-0.2, 0) is 23.9 Å². The van der Waals surface area contributed by atoms with E-state index in [4.69, 9.17) is 9.47 Å². The highest BCUT2D eigenvalue weighted by Gasteiger charge is 2.67. The van der Waals surface area contributed by atoms with Gasteiger partial charge in [0.15, 0.2) is 6.10 Å². The van der Waals surface area contributed by atoms with E-state index in [1.807, 2.05) is 65.0 Å². The van der Waals surface area contributed by atoms with Crippen molar-refractivity contribution < 1.29 is 23.9 Å². The number of hydrogen-bond acceptors (Lipinski definition) is 5. The van der Waals surface area contributed by atoms with Crippen molar-refractivity contribution in [2.45, 2.75) is 64.9 Å². The van der Waals surface area contributed by atoms with E-state index < -0.39 is 41.2 Å². The summed E-state index contributed by atoms with van der Waals surface area (Å²) in [4.78, 5) is 40.6. The van der Waals surface area contributed by atoms with Crippen LogP contribution in [0.1, 0.15) is 38.8 Å². The molecule has 3 heterocycles. The maximum Gasteiger partial charge on any atom is 0.313 e. The van der Waals surface area contributed by atoms with Gasteiger partial charge in [-0.2, -0.15) is 0 Å². The average molecular weight is 427 g/mol. The number of amides is 2. The highest BCUT2D eigenvalue weighted by atomic mass is 16.6. The van der Waals surface area contributed by atoms with Crippen LogP contribution in [0.15, 0.2) is 30.4 Å². The second kappa shape index (κ2) is 7.19. The molecule has 2 saturated heterocycles. The number of anilines is 1. The summed E-state index contributed by atoms with van der Waals surface area (Å²) in [7, 11) is 0. The summed E-state index contributed by atoms with van der Waals surface area (Å²) in [6, 6.07) is 5.93. The van der Waals surface area contributed by atoms with E-state index in [-0.39, 0.29) is 11.8 Å². The number of aryl methyl sites for hydroxylation is 2. The van der Waals surface area contributed by atoms with Crippen molar-refractivity contribution >= 4 is 23.5 Å². The Morgan fingerprint density at radius 2 is 2.00 bits per heavy atom. The summed E-state index contributed by atoms with van der Waals surface area (Å²) in [5, 5.41) is 2.81. The summed E-state index contributed by atoms with van der Waals surface area (Å²) in [6.45, 7) is 11.4. The molecule has 1 N–H and O–H groups in total. The first-order valence-electron chi connectivity index (χ1n) is 10.7. The first-order valence-corrected chi connectivity index (χ1v) is 10.7. The maximum absolute atomic E-state index is 13.5. The highest BCUT2D eigenvalue weighted by Crippen LogP contribution is 2.53. The van der Waals surface area contributed by atoms with Gasteiger partial charge >= 0.3 is 5.97 Å². The molecule has 5 unspecified atom stereocenters. The Morgan fingerprint density at radius 3 is 2.65 bits per heavy atom. The smallest absolute Gasteiger partial charge is 0.313 e. The number of benzene rings is 1. The fourth-order valence-electron chi connectivity index (χ4n) is 4.86. The van der Waals surface area contributed by atoms with Gasteiger partial charge in [0.1, 0.15) is 11.5 Å². The fraction of sp³-hybridized carbons (Fsp3) is 0.542. The van der Waals surface area contributed by atoms with Crippen LogP contribution >= 0.6 is 0 Å². The predicted octanol–water partition coefficient (Wildman–Crippen LogP) is 2.44. The predicted molar refractivity (Wildman–Crippen MR) is 115 cm³/mol. The van der Waals surface area contributed by atoms with Crippen molar-refractivity contribution in [3.63, 3.8) is 0 Å². The molecule has 1 aromatic rings. The molecule has 0 aromatic heterocycles. The number of nitrogens with zero attached hydrogens (tertiary/aromatic N) is 1. The zero-order valence-electron chi connectivity index (χ0n) is 18.9. The third-order valence-electron chi connectivity index (χ3n) is 6.18. The number of nitrogens with one attached hydrogen (secondary N) is 1. The molecule has 7 nitrogen and oxygen atoms in total. The summed E-state index contributed by atoms with van der Waals surface area (Å²) in [5.74, 6) is -2.52. The Kier molecular flexibility index (Phi) is 5.00. The second-order valence-corrected chi connectivity index (χ2v) is 9.93. The molecule has 2 fully saturated rings. The standard InChI is InChI=1S/C24H30N2O5/c1-13-7-8-16(14(2)11-13)26-12-24-10-9-17(31-24)18(19(24)21(26)28)22(29)30-15(3)20(27)25-23(4,5)6/h7-11,15,17-19H,12H2,1-6H3,(H,25,27). The monoisotopic (exact) mass is 426 g/mol. The lowest BCUT2D eigenvalue weighted by Crippen LogP contribution is -2.47. The van der Waals surface area contributed by atoms with E-state index in [1.165, 1.54) is 6.92 Å². The Morgan fingerprint density at radius 1 is 1.29 bits per heavy atom. The molecule has 5 atom stereocenters. The highest BCUT2D eigenvalue weighted by molar-refractivity contribution is 6.03. The fourth-order valence-corrected chi connectivity index (χ4v) is 4.86. The quantitative estimate of drug-likeness (QED) is 0.591. The van der Waals surface area contributed by atoms with Crippen molar-refractivity contribution in [3.05, 3.63) is 41.5 Å². The summed E-state index contributed by atoms with van der Waals surface area (Å²) >= 11 is 0. The molecule has 7 heteroatoms. The molecule has 1 aromatic carbocycles. The lowest BCUT2D eigenvalue weighted by atomic mass is 9.77. The number of fused-ring (bicyclic) bond motifs is 1. The van der Waals surface area contributed by atoms with Gasteiger partial charge in [0.25, 0.3) is 5.91 Å². The molecule has 4 rings (SSSR count). The van der Waals surface area contributed by atoms with Gasteiger partial charge in [-0.05, 0) is 53.2 Å². The number of hydrogen-bond donors (Lipinski definition) is 1. The number of carbonyl (C=O) groups excluding carboxylic acids is 3. The minimum Gasteiger partial charge on any atom is -0.452 e. The molecular weight excluding hydrogens is 396 g/mol. The van der Waals surface area contributed by atoms with Crippen molar-refractivity contribution in [2.24, 2.45) is 11.8 Å². The van der Waals surface area contributed by atoms with E-state index >= 15 is 0 Å². The van der Waals surface area contributed by atoms with E-state index in [9.17, 15) is 14.4 Å². The van der Waals surface area contributed by atoms with E-state index in [0.717, 1.165) is 16.8 Å². The first kappa shape index (κ1) is 21.6. The normalized spacial score (nSPS) is 29.8. The summed E-state index contributed by atoms with van der Waals surface area (Å²) < 4.78 is 11.6. The van der Waals surface area contributed by atoms with Crippen LogP contribution in [-0.4, -0.2) is 47.7 Å². The number of esters is 1. The molecule has 166 valence electrons. The van der Waals surface area contributed by atoms with Crippen LogP contribution in [0, 0.1) is 25.7 Å². The Bertz CT molecular complexity index is 979. The molecule has 0 radical (unpaired) electrons. The van der Waals surface area contributed by atoms with Crippen LogP contribution in [0.3, 0.4) is 0 Å². The summed E-state index contributed by atoms with van der Waals surface area (Å²) in [6.07, 6.45) is 2.27. The van der Waals surface area contributed by atoms with Crippen LogP contribution < -0.4 is 10.2 Å². The van der Waals surface area contributed by atoms with Crippen molar-refractivity contribution in [2.75, 3.05) is 11.4 Å². The van der Waals surface area contributed by atoms with Gasteiger partial charge in [-0.3, -0.25) is 14.4 Å². The van der Waals surface area contributed by atoms with E-state index in [0.29, 0.717) is 6.54 Å². The van der Waals surface area contributed by atoms with Gasteiger partial charge in [-0.15, -0.1) is 0 Å². The van der Waals surface area contributed by atoms with Crippen molar-refractivity contribution in [3.8, 4) is 0 Å². The van der Waals surface area contributed by atoms with Gasteiger partial charge < -0.3 is 19.7 Å². The van der Waals surface area contributed by atoms with E-state index in [2.05, 4.69) is 5.32 Å². The van der Waals surface area contributed by atoms with Gasteiger partial charge in [0.2, 0.25) is 5.91 Å². The molecular formula is C24H30N2O5. The maximum atomic E-state index is 13.5. The van der Waals surface area contributed by atoms with Crippen LogP contribution in [0.5, 0.6) is 0 Å². The minimum absolute atomic E-state index is 0.146. The number of carbonyl (C=O) groups is 3. The van der Waals surface area contributed by atoms with E-state index in [1.54, 1.807) is 4.90 Å². The van der Waals surface area contributed by atoms with Gasteiger partial charge in [-0.1, -0.05) is 29.8 Å². The molecule has 2 amide bonds. The molecule has 2 bridgehead atoms. The molecule has 0 saturated carbocycles. The second-order valence-electron chi connectivity index (χ2n) is 9.93. The zero-order chi connectivity index (χ0) is 22.7. The van der Waals surface area contributed by atoms with Gasteiger partial charge in [0, 0.05) is 11.2 Å². The molecule has 0 aliphatic carbocycles. The number of ether oxygens (including phenoxy) is 2. The van der Waals surface area contributed by atoms with Crippen LogP contribution in [0.4, 0.5) is 5.69 Å². The molecule has 31 heavy (non-hydrogen) atoms. The Hall–Kier alpha value is -2.67. The zero-order valence-corrected chi connectivity index (χ0v) is 18.9. The minimum atomic E-state index is -0.960. The average Bonchev–Trinajstić information content (AvgIpc) is 3.28. The lowest BCUT2D eigenvalue weighted by molar-refractivity contribution is -0.161. The first-order chi connectivity index (χ1) is 14.4. The third-order valence-corrected chi connectivity index (χ3v) is 6.18. The molecule has 3 aliphatic heterocycles. The molecule has 3 aliphatic rings. The molecule has 1 spiro atoms. The van der Waals surface area contributed by atoms with Gasteiger partial charge in [-0.25, -0.2) is 0 Å². The third kappa shape index (κ3) is 3.65. The Labute approximate surface area is 182 Å². The topological polar surface area (TPSA) is 84.9 Å². The SMILES string of the molecule is Cc1ccc(N2CC34C=CC(O3)C(C(=O)OC(C)C(=O)NC(C)(C)C)C4C2=O)c(C)c1. The van der Waals surface area contributed by atoms with Crippen molar-refractivity contribution in [1.29, 1.82) is 0 Å². The van der Waals surface area contributed by atoms with Crippen LogP contribution in [0.2, 0.25) is 0 Å². The van der Waals surface area contributed by atoms with Gasteiger partial charge in [0.05, 0.1) is 18.6 Å². The van der Waals surface area contributed by atoms with Crippen LogP contribution in [0.25, 0.3) is 0 Å². The summed E-state index contributed by atoms with van der Waals surface area (Å²) in [5.41, 5.74) is 1.67. The number of rotatable bonds is 4. The van der Waals surface area contributed by atoms with Crippen molar-refractivity contribution in [1.82, 2.24) is 5.32 Å². The lowest BCUT2D eigenvalue weighted by Gasteiger charge is -2.26. The largest absolute Gasteiger partial charge is 0.452 e. The Balaban J connectivity index is 1.55.